The summed E-state index contributed by atoms with van der Waals surface area (Å²) < 4.78 is 0. The monoisotopic (exact) mass is 281 g/mol. The fourth-order valence-corrected chi connectivity index (χ4v) is 2.93. The molecule has 1 saturated heterocycles. The van der Waals surface area contributed by atoms with Gasteiger partial charge in [-0.15, -0.1) is 0 Å². The van der Waals surface area contributed by atoms with Crippen molar-refractivity contribution in [3.8, 4) is 0 Å². The summed E-state index contributed by atoms with van der Waals surface area (Å²) in [5.74, 6) is -3.10. The van der Waals surface area contributed by atoms with E-state index in [2.05, 4.69) is 0 Å². The maximum absolute atomic E-state index is 12.5. The van der Waals surface area contributed by atoms with Gasteiger partial charge in [0.2, 0.25) is 5.91 Å². The van der Waals surface area contributed by atoms with Gasteiger partial charge in [0.15, 0.2) is 0 Å². The Bertz CT molecular complexity index is 445. The van der Waals surface area contributed by atoms with Crippen molar-refractivity contribution < 1.29 is 24.6 Å². The van der Waals surface area contributed by atoms with Gasteiger partial charge in [0.25, 0.3) is 0 Å². The zero-order valence-electron chi connectivity index (χ0n) is 11.2. The summed E-state index contributed by atoms with van der Waals surface area (Å²) in [4.78, 5) is 36.1. The molecule has 110 valence electrons. The summed E-state index contributed by atoms with van der Waals surface area (Å²) >= 11 is 0. The second-order valence-electron chi connectivity index (χ2n) is 5.44. The van der Waals surface area contributed by atoms with E-state index >= 15 is 0 Å². The van der Waals surface area contributed by atoms with Crippen molar-refractivity contribution in [2.75, 3.05) is 6.54 Å². The number of carbonyl (C=O) groups excluding carboxylic acids is 1. The molecule has 20 heavy (non-hydrogen) atoms. The number of carboxylic acid groups (broad SMARTS) is 2. The van der Waals surface area contributed by atoms with Gasteiger partial charge < -0.3 is 15.1 Å². The van der Waals surface area contributed by atoms with E-state index in [0.717, 1.165) is 6.42 Å². The van der Waals surface area contributed by atoms with Crippen LogP contribution in [0.5, 0.6) is 0 Å². The van der Waals surface area contributed by atoms with Crippen molar-refractivity contribution in [1.29, 1.82) is 0 Å². The number of likely N-dealkylation sites (tertiary alicyclic amines) is 1. The first kappa shape index (κ1) is 14.6. The molecule has 1 heterocycles. The third-order valence-electron chi connectivity index (χ3n) is 4.12. The third kappa shape index (κ3) is 3.00. The number of aliphatic carboxylic acids is 2. The van der Waals surface area contributed by atoms with Crippen molar-refractivity contribution in [1.82, 2.24) is 4.90 Å². The lowest BCUT2D eigenvalue weighted by atomic mass is 9.88. The number of hydrogen-bond acceptors (Lipinski definition) is 3. The Morgan fingerprint density at radius 2 is 1.70 bits per heavy atom. The first-order valence-corrected chi connectivity index (χ1v) is 6.91. The molecule has 0 aromatic rings. The normalized spacial score (nSPS) is 30.0. The molecular weight excluding hydrogens is 262 g/mol. The fourth-order valence-electron chi connectivity index (χ4n) is 2.93. The largest absolute Gasteiger partial charge is 0.481 e. The molecule has 0 spiro atoms. The van der Waals surface area contributed by atoms with Gasteiger partial charge in [-0.05, 0) is 32.1 Å². The molecule has 0 saturated carbocycles. The van der Waals surface area contributed by atoms with Gasteiger partial charge in [-0.3, -0.25) is 9.59 Å². The Hall–Kier alpha value is -1.85. The van der Waals surface area contributed by atoms with Crippen LogP contribution in [0.1, 0.15) is 32.1 Å². The van der Waals surface area contributed by atoms with Crippen LogP contribution in [0.15, 0.2) is 12.2 Å². The second-order valence-corrected chi connectivity index (χ2v) is 5.44. The molecule has 6 heteroatoms. The Kier molecular flexibility index (Phi) is 4.42. The quantitative estimate of drug-likeness (QED) is 0.756. The molecule has 2 N–H and O–H groups in total. The third-order valence-corrected chi connectivity index (χ3v) is 4.12. The average Bonchev–Trinajstić information content (AvgIpc) is 2.46. The molecule has 0 bridgehead atoms. The predicted octanol–water partition coefficient (Wildman–Crippen LogP) is 1.12. The van der Waals surface area contributed by atoms with Crippen molar-refractivity contribution in [2.24, 2.45) is 11.8 Å². The van der Waals surface area contributed by atoms with Gasteiger partial charge in [0.1, 0.15) is 6.04 Å². The Morgan fingerprint density at radius 3 is 2.25 bits per heavy atom. The fraction of sp³-hybridized carbons (Fsp3) is 0.643. The molecule has 3 atom stereocenters. The van der Waals surface area contributed by atoms with Crippen LogP contribution < -0.4 is 0 Å². The number of carbonyl (C=O) groups is 3. The van der Waals surface area contributed by atoms with Crippen LogP contribution in [-0.4, -0.2) is 45.5 Å². The highest BCUT2D eigenvalue weighted by atomic mass is 16.4. The number of nitrogens with zero attached hydrogens (tertiary/aromatic N) is 1. The number of hydrogen-bond donors (Lipinski definition) is 2. The van der Waals surface area contributed by atoms with E-state index in [-0.39, 0.29) is 24.8 Å². The Morgan fingerprint density at radius 1 is 0.950 bits per heavy atom. The molecule has 0 aromatic heterocycles. The summed E-state index contributed by atoms with van der Waals surface area (Å²) in [6.07, 6.45) is 6.58. The molecule has 2 aliphatic rings. The Labute approximate surface area is 117 Å². The maximum Gasteiger partial charge on any atom is 0.326 e. The van der Waals surface area contributed by atoms with E-state index in [9.17, 15) is 19.5 Å². The molecule has 1 aliphatic heterocycles. The molecule has 0 aromatic carbocycles. The number of piperidine rings is 1. The Balaban J connectivity index is 2.13. The lowest BCUT2D eigenvalue weighted by Crippen LogP contribution is -2.53. The van der Waals surface area contributed by atoms with Crippen molar-refractivity contribution in [2.45, 2.75) is 38.1 Å². The molecular formula is C14H19NO5. The first-order valence-electron chi connectivity index (χ1n) is 6.91. The summed E-state index contributed by atoms with van der Waals surface area (Å²) in [6, 6.07) is -0.885. The number of allylic oxidation sites excluding steroid dienone is 2. The predicted molar refractivity (Wildman–Crippen MR) is 70.0 cm³/mol. The van der Waals surface area contributed by atoms with Gasteiger partial charge in [-0.25, -0.2) is 4.79 Å². The first-order chi connectivity index (χ1) is 9.50. The molecule has 1 fully saturated rings. The lowest BCUT2D eigenvalue weighted by Gasteiger charge is -2.38. The second kappa shape index (κ2) is 6.07. The van der Waals surface area contributed by atoms with Crippen LogP contribution >= 0.6 is 0 Å². The van der Waals surface area contributed by atoms with Gasteiger partial charge >= 0.3 is 11.9 Å². The van der Waals surface area contributed by atoms with E-state index in [1.54, 1.807) is 0 Å². The van der Waals surface area contributed by atoms with E-state index in [4.69, 9.17) is 5.11 Å². The zero-order chi connectivity index (χ0) is 14.7. The SMILES string of the molecule is O=C(O)C1CCC(C(=O)O)N(C(=O)C2CC=CCC2)C1. The van der Waals surface area contributed by atoms with E-state index in [1.165, 1.54) is 4.90 Å². The topological polar surface area (TPSA) is 94.9 Å². The highest BCUT2D eigenvalue weighted by molar-refractivity contribution is 5.86. The van der Waals surface area contributed by atoms with Crippen LogP contribution in [0.2, 0.25) is 0 Å². The summed E-state index contributed by atoms with van der Waals surface area (Å²) in [5.41, 5.74) is 0. The zero-order valence-corrected chi connectivity index (χ0v) is 11.2. The van der Waals surface area contributed by atoms with Gasteiger partial charge in [-0.2, -0.15) is 0 Å². The smallest absolute Gasteiger partial charge is 0.326 e. The summed E-state index contributed by atoms with van der Waals surface area (Å²) in [7, 11) is 0. The minimum Gasteiger partial charge on any atom is -0.481 e. The number of carboxylic acids is 2. The van der Waals surface area contributed by atoms with Crippen LogP contribution in [0.4, 0.5) is 0 Å². The van der Waals surface area contributed by atoms with Gasteiger partial charge in [-0.1, -0.05) is 12.2 Å². The minimum absolute atomic E-state index is 0.00531. The van der Waals surface area contributed by atoms with Crippen LogP contribution in [0.25, 0.3) is 0 Å². The summed E-state index contributed by atoms with van der Waals surface area (Å²) in [5, 5.41) is 18.3. The van der Waals surface area contributed by atoms with Crippen LogP contribution in [0.3, 0.4) is 0 Å². The molecule has 1 aliphatic carbocycles. The van der Waals surface area contributed by atoms with E-state index in [0.29, 0.717) is 19.3 Å². The molecule has 0 radical (unpaired) electrons. The highest BCUT2D eigenvalue weighted by Gasteiger charge is 2.40. The van der Waals surface area contributed by atoms with E-state index < -0.39 is 23.9 Å². The van der Waals surface area contributed by atoms with Crippen molar-refractivity contribution in [3.05, 3.63) is 12.2 Å². The highest BCUT2D eigenvalue weighted by Crippen LogP contribution is 2.28. The molecule has 3 unspecified atom stereocenters. The molecule has 1 amide bonds. The van der Waals surface area contributed by atoms with Gasteiger partial charge in [0, 0.05) is 12.5 Å². The average molecular weight is 281 g/mol. The van der Waals surface area contributed by atoms with Gasteiger partial charge in [0.05, 0.1) is 5.92 Å². The van der Waals surface area contributed by atoms with Crippen molar-refractivity contribution in [3.63, 3.8) is 0 Å². The standard InChI is InChI=1S/C14H19NO5/c16-12(9-4-2-1-3-5-9)15-8-10(13(17)18)6-7-11(15)14(19)20/h1-2,9-11H,3-8H2,(H,17,18)(H,19,20). The minimum atomic E-state index is -1.05. The van der Waals surface area contributed by atoms with E-state index in [1.807, 2.05) is 12.2 Å². The summed E-state index contributed by atoms with van der Waals surface area (Å²) in [6.45, 7) is 0.00531. The number of amides is 1. The molecule has 2 rings (SSSR count). The number of rotatable bonds is 3. The molecule has 6 nitrogen and oxygen atoms in total. The van der Waals surface area contributed by atoms with Crippen LogP contribution in [0, 0.1) is 11.8 Å². The maximum atomic E-state index is 12.5. The lowest BCUT2D eigenvalue weighted by molar-refractivity contribution is -0.159. The van der Waals surface area contributed by atoms with Crippen molar-refractivity contribution >= 4 is 17.8 Å². The van der Waals surface area contributed by atoms with Crippen LogP contribution in [-0.2, 0) is 14.4 Å².